The molecule has 17 atom stereocenters. The summed E-state index contributed by atoms with van der Waals surface area (Å²) >= 11 is 0. The van der Waals surface area contributed by atoms with Gasteiger partial charge in [0.2, 0.25) is 5.91 Å². The zero-order valence-corrected chi connectivity index (χ0v) is 51.4. The first-order valence-corrected chi connectivity index (χ1v) is 33.4. The van der Waals surface area contributed by atoms with Crippen LogP contribution in [0.3, 0.4) is 0 Å². The number of rotatable bonds is 51. The minimum Gasteiger partial charge on any atom is -0.394 e. The number of ether oxygens (including phenoxy) is 6. The van der Waals surface area contributed by atoms with E-state index in [2.05, 4.69) is 19.2 Å². The molecule has 490 valence electrons. The van der Waals surface area contributed by atoms with Gasteiger partial charge in [0.25, 0.3) is 0 Å². The highest BCUT2D eigenvalue weighted by atomic mass is 16.8. The van der Waals surface area contributed by atoms with Crippen molar-refractivity contribution in [2.75, 3.05) is 26.4 Å². The van der Waals surface area contributed by atoms with E-state index in [9.17, 15) is 61.0 Å². The smallest absolute Gasteiger partial charge is 0.220 e. The number of allylic oxidation sites excluding steroid dienone is 1. The van der Waals surface area contributed by atoms with Gasteiger partial charge in [0.1, 0.15) is 73.2 Å². The lowest BCUT2D eigenvalue weighted by Gasteiger charge is -2.48. The van der Waals surface area contributed by atoms with Crippen molar-refractivity contribution in [3.05, 3.63) is 12.2 Å². The molecular formula is C64H121NO18. The predicted octanol–water partition coefficient (Wildman–Crippen LogP) is 7.72. The molecule has 19 heteroatoms. The molecule has 0 bridgehead atoms. The average molecular weight is 1190 g/mol. The standard InChI is InChI=1S/C64H121NO18/c1-3-5-7-9-11-13-15-17-19-20-21-22-23-24-25-26-28-29-31-33-35-37-39-41-48(69)47(65-52(70)42-40-38-36-34-32-30-27-18-16-14-12-10-8-6-4-2)46-78-62-58(76)55(73)60(50(44-67)80-62)83-64-59(77)56(74)61(51(45-68)81-64)82-63-57(75)54(72)53(71)49(43-66)79-63/h39,41,47-51,53-64,66-69,71-77H,3-38,40,42-46H2,1-2H3,(H,65,70)/b41-39+. The van der Waals surface area contributed by atoms with Crippen molar-refractivity contribution in [1.82, 2.24) is 5.32 Å². The lowest BCUT2D eigenvalue weighted by molar-refractivity contribution is -0.379. The summed E-state index contributed by atoms with van der Waals surface area (Å²) in [5.41, 5.74) is 0. The van der Waals surface area contributed by atoms with Crippen LogP contribution in [0, 0.1) is 0 Å². The third-order valence-corrected chi connectivity index (χ3v) is 17.1. The summed E-state index contributed by atoms with van der Waals surface area (Å²) in [4.78, 5) is 13.4. The molecule has 3 rings (SSSR count). The van der Waals surface area contributed by atoms with Crippen molar-refractivity contribution in [2.24, 2.45) is 0 Å². The molecule has 3 fully saturated rings. The largest absolute Gasteiger partial charge is 0.394 e. The highest BCUT2D eigenvalue weighted by molar-refractivity contribution is 5.76. The predicted molar refractivity (Wildman–Crippen MR) is 319 cm³/mol. The number of aliphatic hydroxyl groups is 11. The van der Waals surface area contributed by atoms with Gasteiger partial charge >= 0.3 is 0 Å². The van der Waals surface area contributed by atoms with Gasteiger partial charge in [0.05, 0.1) is 38.6 Å². The summed E-state index contributed by atoms with van der Waals surface area (Å²) in [6.07, 6.45) is 23.3. The quantitative estimate of drug-likeness (QED) is 0.0205. The lowest BCUT2D eigenvalue weighted by atomic mass is 9.96. The first kappa shape index (κ1) is 75.8. The second kappa shape index (κ2) is 47.5. The molecule has 1 amide bonds. The highest BCUT2D eigenvalue weighted by Crippen LogP contribution is 2.33. The van der Waals surface area contributed by atoms with E-state index in [4.69, 9.17) is 28.4 Å². The maximum absolute atomic E-state index is 13.4. The van der Waals surface area contributed by atoms with Gasteiger partial charge in [0.15, 0.2) is 18.9 Å². The fourth-order valence-electron chi connectivity index (χ4n) is 11.6. The van der Waals surface area contributed by atoms with Crippen LogP contribution in [-0.4, -0.2) is 193 Å². The molecule has 3 heterocycles. The summed E-state index contributed by atoms with van der Waals surface area (Å²) in [6, 6.07) is -0.967. The number of amides is 1. The van der Waals surface area contributed by atoms with E-state index >= 15 is 0 Å². The first-order chi connectivity index (χ1) is 40.3. The maximum Gasteiger partial charge on any atom is 0.220 e. The molecule has 19 nitrogen and oxygen atoms in total. The van der Waals surface area contributed by atoms with Crippen molar-refractivity contribution in [1.29, 1.82) is 0 Å². The van der Waals surface area contributed by atoms with Crippen LogP contribution in [0.25, 0.3) is 0 Å². The Labute approximate surface area is 499 Å². The number of hydrogen-bond acceptors (Lipinski definition) is 18. The van der Waals surface area contributed by atoms with Crippen LogP contribution in [0.5, 0.6) is 0 Å². The third-order valence-electron chi connectivity index (χ3n) is 17.1. The average Bonchev–Trinajstić information content (AvgIpc) is 3.37. The van der Waals surface area contributed by atoms with Gasteiger partial charge in [-0.2, -0.15) is 0 Å². The van der Waals surface area contributed by atoms with Crippen LogP contribution < -0.4 is 5.32 Å². The normalized spacial score (nSPS) is 29.4. The van der Waals surface area contributed by atoms with Gasteiger partial charge in [-0.25, -0.2) is 0 Å². The minimum absolute atomic E-state index is 0.249. The molecule has 3 aliphatic heterocycles. The Morgan fingerprint density at radius 3 is 1.13 bits per heavy atom. The second-order valence-corrected chi connectivity index (χ2v) is 24.3. The number of aliphatic hydroxyl groups excluding tert-OH is 11. The van der Waals surface area contributed by atoms with Gasteiger partial charge in [-0.3, -0.25) is 4.79 Å². The van der Waals surface area contributed by atoms with E-state index in [1.54, 1.807) is 6.08 Å². The number of hydrogen-bond donors (Lipinski definition) is 12. The first-order valence-electron chi connectivity index (χ1n) is 33.4. The second-order valence-electron chi connectivity index (χ2n) is 24.3. The molecule has 3 aliphatic rings. The van der Waals surface area contributed by atoms with Crippen LogP contribution in [-0.2, 0) is 33.2 Å². The van der Waals surface area contributed by atoms with Crippen molar-refractivity contribution in [2.45, 2.75) is 362 Å². The van der Waals surface area contributed by atoms with Crippen molar-refractivity contribution < 1.29 is 89.4 Å². The lowest BCUT2D eigenvalue weighted by Crippen LogP contribution is -2.66. The fraction of sp³-hybridized carbons (Fsp3) is 0.953. The number of carbonyl (C=O) groups is 1. The van der Waals surface area contributed by atoms with Crippen LogP contribution >= 0.6 is 0 Å². The molecular weight excluding hydrogens is 1070 g/mol. The van der Waals surface area contributed by atoms with Crippen LogP contribution in [0.2, 0.25) is 0 Å². The van der Waals surface area contributed by atoms with Gasteiger partial charge in [-0.15, -0.1) is 0 Å². The van der Waals surface area contributed by atoms with Gasteiger partial charge in [-0.05, 0) is 19.3 Å². The van der Waals surface area contributed by atoms with Gasteiger partial charge in [-0.1, -0.05) is 244 Å². The Kier molecular flexibility index (Phi) is 43.4. The topological polar surface area (TPSA) is 307 Å². The van der Waals surface area contributed by atoms with Gasteiger partial charge < -0.3 is 89.9 Å². The molecule has 3 saturated heterocycles. The Bertz CT molecular complexity index is 1560. The SMILES string of the molecule is CCCCCCCCCCCCCCCCCCCCCCC/C=C/C(O)C(COC1OC(CO)C(OC2OC(CO)C(OC3OC(CO)C(O)C(O)C3O)C(O)C2O)C(O)C1O)NC(=O)CCCCCCCCCCCCCCCCC. The molecule has 0 aliphatic carbocycles. The molecule has 0 saturated carbocycles. The van der Waals surface area contributed by atoms with E-state index in [1.165, 1.54) is 186 Å². The maximum atomic E-state index is 13.4. The van der Waals surface area contributed by atoms with E-state index in [1.807, 2.05) is 6.08 Å². The minimum atomic E-state index is -1.97. The number of unbranched alkanes of at least 4 members (excludes halogenated alkanes) is 35. The van der Waals surface area contributed by atoms with Crippen molar-refractivity contribution in [3.8, 4) is 0 Å². The Hall–Kier alpha value is -1.47. The molecule has 17 unspecified atom stereocenters. The van der Waals surface area contributed by atoms with Crippen LogP contribution in [0.4, 0.5) is 0 Å². The van der Waals surface area contributed by atoms with Crippen LogP contribution in [0.15, 0.2) is 12.2 Å². The molecule has 83 heavy (non-hydrogen) atoms. The van der Waals surface area contributed by atoms with E-state index in [0.29, 0.717) is 6.42 Å². The summed E-state index contributed by atoms with van der Waals surface area (Å²) in [5, 5.41) is 120. The van der Waals surface area contributed by atoms with Crippen molar-refractivity contribution >= 4 is 5.91 Å². The molecule has 0 radical (unpaired) electrons. The summed E-state index contributed by atoms with van der Waals surface area (Å²) in [7, 11) is 0. The zero-order chi connectivity index (χ0) is 60.5. The highest BCUT2D eigenvalue weighted by Gasteiger charge is 2.53. The Morgan fingerprint density at radius 2 is 0.747 bits per heavy atom. The summed E-state index contributed by atoms with van der Waals surface area (Å²) in [5.74, 6) is -0.271. The molecule has 0 aromatic carbocycles. The Morgan fingerprint density at radius 1 is 0.422 bits per heavy atom. The molecule has 12 N–H and O–H groups in total. The zero-order valence-electron chi connectivity index (χ0n) is 51.4. The van der Waals surface area contributed by atoms with Gasteiger partial charge in [0, 0.05) is 6.42 Å². The fourth-order valence-corrected chi connectivity index (χ4v) is 11.6. The third kappa shape index (κ3) is 30.5. The van der Waals surface area contributed by atoms with E-state index in [-0.39, 0.29) is 18.9 Å². The molecule has 0 aromatic rings. The van der Waals surface area contributed by atoms with E-state index < -0.39 is 124 Å². The monoisotopic (exact) mass is 1190 g/mol. The Balaban J connectivity index is 1.46. The molecule has 0 aromatic heterocycles. The summed E-state index contributed by atoms with van der Waals surface area (Å²) < 4.78 is 34.3. The van der Waals surface area contributed by atoms with E-state index in [0.717, 1.165) is 44.9 Å². The van der Waals surface area contributed by atoms with Crippen molar-refractivity contribution in [3.63, 3.8) is 0 Å². The number of nitrogens with one attached hydrogen (secondary N) is 1. The summed E-state index contributed by atoms with van der Waals surface area (Å²) in [6.45, 7) is 1.76. The molecule has 0 spiro atoms. The number of carbonyl (C=O) groups excluding carboxylic acids is 1. The van der Waals surface area contributed by atoms with Crippen LogP contribution in [0.1, 0.15) is 258 Å².